The second-order valence-corrected chi connectivity index (χ2v) is 5.54. The fraction of sp³-hybridized carbons (Fsp3) is 0.375. The molecule has 4 nitrogen and oxygen atoms in total. The van der Waals surface area contributed by atoms with E-state index in [1.807, 2.05) is 0 Å². The minimum Gasteiger partial charge on any atom is -0.391 e. The predicted molar refractivity (Wildman–Crippen MR) is 78.4 cm³/mol. The Morgan fingerprint density at radius 3 is 2.78 bits per heavy atom. The normalized spacial score (nSPS) is 21.0. The molecule has 0 spiro atoms. The van der Waals surface area contributed by atoms with E-state index in [2.05, 4.69) is 9.97 Å². The second kappa shape index (κ2) is 6.16. The van der Waals surface area contributed by atoms with Crippen LogP contribution in [-0.2, 0) is 6.42 Å². The average Bonchev–Trinajstić information content (AvgIpc) is 2.91. The topological polar surface area (TPSA) is 49.2 Å². The molecular formula is C16H16F3N3O. The van der Waals surface area contributed by atoms with Crippen LogP contribution in [-0.4, -0.2) is 27.7 Å². The zero-order valence-corrected chi connectivity index (χ0v) is 12.5. The van der Waals surface area contributed by atoms with E-state index in [0.29, 0.717) is 6.42 Å². The molecule has 1 fully saturated rings. The van der Waals surface area contributed by atoms with Gasteiger partial charge in [0.1, 0.15) is 18.0 Å². The second-order valence-electron chi connectivity index (χ2n) is 5.54. The number of hydrogen-bond acceptors (Lipinski definition) is 4. The first kappa shape index (κ1) is 15.7. The third-order valence-corrected chi connectivity index (χ3v) is 4.05. The third kappa shape index (κ3) is 2.88. The molecule has 0 amide bonds. The Balaban J connectivity index is 2.05. The number of hydrogen-bond donors (Lipinski definition) is 1. The Morgan fingerprint density at radius 2 is 2.04 bits per heavy atom. The van der Waals surface area contributed by atoms with Crippen LogP contribution in [0.5, 0.6) is 0 Å². The van der Waals surface area contributed by atoms with E-state index in [9.17, 15) is 18.3 Å². The first-order valence-corrected chi connectivity index (χ1v) is 7.40. The molecule has 0 unspecified atom stereocenters. The molecule has 0 bridgehead atoms. The number of β-amino-alcohol motifs (C(OH)–C–C–N with tert-alkyl or cyclic N) is 1. The highest BCUT2D eigenvalue weighted by molar-refractivity contribution is 5.47. The summed E-state index contributed by atoms with van der Waals surface area (Å²) in [6, 6.07) is 2.44. The molecule has 1 N–H and O–H groups in total. The number of halogens is 3. The van der Waals surface area contributed by atoms with Gasteiger partial charge in [0.15, 0.2) is 11.6 Å². The van der Waals surface area contributed by atoms with Gasteiger partial charge in [-0.3, -0.25) is 0 Å². The van der Waals surface area contributed by atoms with Crippen LogP contribution >= 0.6 is 0 Å². The number of aliphatic hydroxyl groups excluding tert-OH is 1. The Kier molecular flexibility index (Phi) is 4.21. The monoisotopic (exact) mass is 323 g/mol. The highest BCUT2D eigenvalue weighted by Crippen LogP contribution is 2.38. The van der Waals surface area contributed by atoms with Crippen LogP contribution in [0, 0.1) is 17.5 Å². The van der Waals surface area contributed by atoms with Crippen molar-refractivity contribution in [3.63, 3.8) is 0 Å². The summed E-state index contributed by atoms with van der Waals surface area (Å²) in [4.78, 5) is 9.28. The van der Waals surface area contributed by atoms with Gasteiger partial charge in [0.25, 0.3) is 0 Å². The number of aromatic nitrogens is 2. The van der Waals surface area contributed by atoms with Gasteiger partial charge >= 0.3 is 0 Å². The number of benzene rings is 1. The summed E-state index contributed by atoms with van der Waals surface area (Å²) in [5.41, 5.74) is 0.326. The van der Waals surface area contributed by atoms with Crippen LogP contribution in [0.25, 0.3) is 0 Å². The maximum absolute atomic E-state index is 14.5. The van der Waals surface area contributed by atoms with E-state index >= 15 is 0 Å². The molecule has 0 radical (unpaired) electrons. The lowest BCUT2D eigenvalue weighted by atomic mass is 10.0. The van der Waals surface area contributed by atoms with Crippen molar-refractivity contribution in [3.05, 3.63) is 53.2 Å². The molecule has 1 aliphatic rings. The number of aryl methyl sites for hydroxylation is 1. The Morgan fingerprint density at radius 1 is 1.26 bits per heavy atom. The van der Waals surface area contributed by atoms with Gasteiger partial charge in [0.05, 0.1) is 17.8 Å². The molecule has 2 aromatic rings. The molecule has 122 valence electrons. The summed E-state index contributed by atoms with van der Waals surface area (Å²) in [6.07, 6.45) is 1.02. The lowest BCUT2D eigenvalue weighted by molar-refractivity contribution is 0.194. The van der Waals surface area contributed by atoms with E-state index in [4.69, 9.17) is 0 Å². The highest BCUT2D eigenvalue weighted by Gasteiger charge is 2.36. The summed E-state index contributed by atoms with van der Waals surface area (Å²) >= 11 is 0. The maximum Gasteiger partial charge on any atom is 0.187 e. The average molecular weight is 323 g/mol. The highest BCUT2D eigenvalue weighted by atomic mass is 19.1. The number of rotatable bonds is 3. The van der Waals surface area contributed by atoms with Gasteiger partial charge in [0, 0.05) is 12.1 Å². The molecule has 0 aliphatic carbocycles. The number of anilines is 1. The number of aliphatic hydroxyl groups is 1. The molecular weight excluding hydrogens is 307 g/mol. The summed E-state index contributed by atoms with van der Waals surface area (Å²) in [5.74, 6) is -1.77. The van der Waals surface area contributed by atoms with Crippen molar-refractivity contribution in [2.75, 3.05) is 11.4 Å². The molecule has 1 saturated heterocycles. The Hall–Kier alpha value is -2.15. The standard InChI is InChI=1S/C16H16F3N3O/c1-2-13-15(19)16(21-8-20-13)22-7-10(23)6-14(22)11-5-9(17)3-4-12(11)18/h3-5,8,10,14,23H,2,6-7H2,1H3/t10-,14+/m0/s1. The van der Waals surface area contributed by atoms with Crippen LogP contribution in [0.3, 0.4) is 0 Å². The van der Waals surface area contributed by atoms with Crippen molar-refractivity contribution in [1.29, 1.82) is 0 Å². The van der Waals surface area contributed by atoms with Gasteiger partial charge < -0.3 is 10.0 Å². The molecule has 2 heterocycles. The fourth-order valence-electron chi connectivity index (χ4n) is 2.96. The molecule has 1 aromatic carbocycles. The van der Waals surface area contributed by atoms with Crippen LogP contribution in [0.2, 0.25) is 0 Å². The van der Waals surface area contributed by atoms with Gasteiger partial charge in [-0.05, 0) is 31.0 Å². The largest absolute Gasteiger partial charge is 0.391 e. The van der Waals surface area contributed by atoms with E-state index < -0.39 is 29.6 Å². The molecule has 1 aliphatic heterocycles. The van der Waals surface area contributed by atoms with Gasteiger partial charge in [0.2, 0.25) is 0 Å². The van der Waals surface area contributed by atoms with Crippen molar-refractivity contribution in [1.82, 2.24) is 9.97 Å². The zero-order valence-electron chi connectivity index (χ0n) is 12.5. The lowest BCUT2D eigenvalue weighted by Gasteiger charge is -2.26. The van der Waals surface area contributed by atoms with Crippen molar-refractivity contribution in [2.45, 2.75) is 31.9 Å². The Bertz CT molecular complexity index is 726. The van der Waals surface area contributed by atoms with E-state index in [-0.39, 0.29) is 30.0 Å². The van der Waals surface area contributed by atoms with Crippen molar-refractivity contribution in [3.8, 4) is 0 Å². The Labute approximate surface area is 131 Å². The first-order valence-electron chi connectivity index (χ1n) is 7.40. The van der Waals surface area contributed by atoms with Crippen LogP contribution in [0.15, 0.2) is 24.5 Å². The lowest BCUT2D eigenvalue weighted by Crippen LogP contribution is -2.27. The molecule has 23 heavy (non-hydrogen) atoms. The summed E-state index contributed by atoms with van der Waals surface area (Å²) in [7, 11) is 0. The smallest absolute Gasteiger partial charge is 0.187 e. The quantitative estimate of drug-likeness (QED) is 0.944. The summed E-state index contributed by atoms with van der Waals surface area (Å²) in [6.45, 7) is 1.86. The van der Waals surface area contributed by atoms with E-state index in [1.165, 1.54) is 11.2 Å². The molecule has 2 atom stereocenters. The van der Waals surface area contributed by atoms with Crippen LogP contribution in [0.4, 0.5) is 19.0 Å². The predicted octanol–water partition coefficient (Wildman–Crippen LogP) is 2.77. The third-order valence-electron chi connectivity index (χ3n) is 4.05. The van der Waals surface area contributed by atoms with Crippen molar-refractivity contribution >= 4 is 5.82 Å². The first-order chi connectivity index (χ1) is 11.0. The SMILES string of the molecule is CCc1ncnc(N2C[C@@H](O)C[C@@H]2c2cc(F)ccc2F)c1F. The summed E-state index contributed by atoms with van der Waals surface area (Å²) < 4.78 is 42.1. The molecule has 3 rings (SSSR count). The maximum atomic E-state index is 14.5. The molecule has 1 aromatic heterocycles. The van der Waals surface area contributed by atoms with Crippen molar-refractivity contribution < 1.29 is 18.3 Å². The minimum absolute atomic E-state index is 0.00191. The van der Waals surface area contributed by atoms with Crippen molar-refractivity contribution in [2.24, 2.45) is 0 Å². The van der Waals surface area contributed by atoms with E-state index in [1.54, 1.807) is 6.92 Å². The minimum atomic E-state index is -0.776. The number of nitrogens with zero attached hydrogens (tertiary/aromatic N) is 3. The van der Waals surface area contributed by atoms with Crippen LogP contribution < -0.4 is 4.90 Å². The van der Waals surface area contributed by atoms with Gasteiger partial charge in [-0.1, -0.05) is 6.92 Å². The van der Waals surface area contributed by atoms with Crippen LogP contribution in [0.1, 0.15) is 30.6 Å². The van der Waals surface area contributed by atoms with E-state index in [0.717, 1.165) is 18.2 Å². The zero-order chi connectivity index (χ0) is 16.6. The molecule has 0 saturated carbocycles. The van der Waals surface area contributed by atoms with Gasteiger partial charge in [-0.2, -0.15) is 0 Å². The van der Waals surface area contributed by atoms with Gasteiger partial charge in [-0.25, -0.2) is 23.1 Å². The molecule has 7 heteroatoms. The van der Waals surface area contributed by atoms with Gasteiger partial charge in [-0.15, -0.1) is 0 Å². The summed E-state index contributed by atoms with van der Waals surface area (Å²) in [5, 5.41) is 9.95. The fourth-order valence-corrected chi connectivity index (χ4v) is 2.96.